The van der Waals surface area contributed by atoms with Gasteiger partial charge in [0.15, 0.2) is 0 Å². The lowest BCUT2D eigenvalue weighted by molar-refractivity contribution is -0.180. The summed E-state index contributed by atoms with van der Waals surface area (Å²) in [5, 5.41) is 0. The molecule has 20 heavy (non-hydrogen) atoms. The first-order chi connectivity index (χ1) is 9.24. The van der Waals surface area contributed by atoms with Gasteiger partial charge in [-0.3, -0.25) is 4.79 Å². The normalized spacial score (nSPS) is 32.0. The molecule has 2 rings (SSSR count). The monoisotopic (exact) mass is 282 g/mol. The summed E-state index contributed by atoms with van der Waals surface area (Å²) in [5.74, 6) is 0.615. The minimum absolute atomic E-state index is 0.0987. The van der Waals surface area contributed by atoms with Crippen molar-refractivity contribution >= 4 is 5.91 Å². The highest BCUT2D eigenvalue weighted by Gasteiger charge is 2.64. The maximum absolute atomic E-state index is 13.0. The number of rotatable bonds is 6. The van der Waals surface area contributed by atoms with Crippen molar-refractivity contribution < 1.29 is 9.53 Å². The van der Waals surface area contributed by atoms with Crippen molar-refractivity contribution in [3.63, 3.8) is 0 Å². The van der Waals surface area contributed by atoms with Crippen LogP contribution in [0.2, 0.25) is 0 Å². The summed E-state index contributed by atoms with van der Waals surface area (Å²) >= 11 is 0. The van der Waals surface area contributed by atoms with Crippen molar-refractivity contribution in [3.8, 4) is 0 Å². The number of nitrogens with two attached hydrogens (primary N) is 1. The summed E-state index contributed by atoms with van der Waals surface area (Å²) in [6.45, 7) is 11.9. The highest BCUT2D eigenvalue weighted by atomic mass is 16.5. The predicted molar refractivity (Wildman–Crippen MR) is 80.3 cm³/mol. The van der Waals surface area contributed by atoms with Crippen LogP contribution in [0.15, 0.2) is 0 Å². The zero-order chi connectivity index (χ0) is 15.1. The summed E-state index contributed by atoms with van der Waals surface area (Å²) < 4.78 is 5.72. The van der Waals surface area contributed by atoms with Gasteiger partial charge in [0.25, 0.3) is 0 Å². The van der Waals surface area contributed by atoms with Crippen LogP contribution in [0.4, 0.5) is 0 Å². The van der Waals surface area contributed by atoms with Crippen LogP contribution in [0.5, 0.6) is 0 Å². The van der Waals surface area contributed by atoms with E-state index in [1.165, 1.54) is 0 Å². The summed E-state index contributed by atoms with van der Waals surface area (Å²) in [6, 6.07) is 0.423. The number of nitrogens with zero attached hydrogens (tertiary/aromatic N) is 1. The maximum Gasteiger partial charge on any atom is 0.243 e. The number of hydrogen-bond donors (Lipinski definition) is 1. The van der Waals surface area contributed by atoms with Crippen molar-refractivity contribution in [2.75, 3.05) is 13.2 Å². The van der Waals surface area contributed by atoms with E-state index in [4.69, 9.17) is 10.5 Å². The fourth-order valence-corrected chi connectivity index (χ4v) is 3.23. The Morgan fingerprint density at radius 3 is 2.40 bits per heavy atom. The molecular formula is C16H30N2O2. The van der Waals surface area contributed by atoms with Gasteiger partial charge >= 0.3 is 0 Å². The van der Waals surface area contributed by atoms with Gasteiger partial charge in [-0.15, -0.1) is 0 Å². The molecule has 0 bridgehead atoms. The molecule has 0 radical (unpaired) electrons. The van der Waals surface area contributed by atoms with Crippen LogP contribution in [-0.4, -0.2) is 41.6 Å². The summed E-state index contributed by atoms with van der Waals surface area (Å²) in [4.78, 5) is 15.0. The molecule has 0 aromatic carbocycles. The van der Waals surface area contributed by atoms with E-state index in [2.05, 4.69) is 27.7 Å². The zero-order valence-electron chi connectivity index (χ0n) is 13.6. The lowest BCUT2D eigenvalue weighted by atomic mass is 9.54. The standard InChI is InChI=1S/C16H30N2O2/c1-6-20-13-9-16(17,15(13,4)5)14(19)18(10-11(2)3)12-7-8-12/h11-13H,6-10,17H2,1-5H3. The van der Waals surface area contributed by atoms with Gasteiger partial charge < -0.3 is 15.4 Å². The van der Waals surface area contributed by atoms with Gasteiger partial charge in [0.2, 0.25) is 5.91 Å². The van der Waals surface area contributed by atoms with Gasteiger partial charge in [0.1, 0.15) is 5.54 Å². The number of amides is 1. The molecule has 0 aromatic heterocycles. The van der Waals surface area contributed by atoms with E-state index in [9.17, 15) is 4.79 Å². The highest BCUT2D eigenvalue weighted by molar-refractivity contribution is 5.89. The van der Waals surface area contributed by atoms with Crippen LogP contribution in [0.1, 0.15) is 53.9 Å². The van der Waals surface area contributed by atoms with Gasteiger partial charge in [0, 0.05) is 31.0 Å². The van der Waals surface area contributed by atoms with E-state index >= 15 is 0 Å². The second-order valence-electron chi connectivity index (χ2n) is 7.42. The summed E-state index contributed by atoms with van der Waals surface area (Å²) in [7, 11) is 0. The van der Waals surface area contributed by atoms with Crippen LogP contribution in [0.3, 0.4) is 0 Å². The van der Waals surface area contributed by atoms with E-state index in [1.807, 2.05) is 11.8 Å². The van der Waals surface area contributed by atoms with E-state index < -0.39 is 5.54 Å². The molecule has 4 heteroatoms. The minimum Gasteiger partial charge on any atom is -0.378 e. The van der Waals surface area contributed by atoms with Crippen LogP contribution < -0.4 is 5.73 Å². The van der Waals surface area contributed by atoms with Gasteiger partial charge in [-0.1, -0.05) is 27.7 Å². The molecule has 2 N–H and O–H groups in total. The van der Waals surface area contributed by atoms with Gasteiger partial charge in [-0.05, 0) is 25.7 Å². The summed E-state index contributed by atoms with van der Waals surface area (Å²) in [6.07, 6.45) is 3.00. The van der Waals surface area contributed by atoms with E-state index in [1.54, 1.807) is 0 Å². The van der Waals surface area contributed by atoms with Gasteiger partial charge in [0.05, 0.1) is 6.10 Å². The van der Waals surface area contributed by atoms with Crippen LogP contribution in [0, 0.1) is 11.3 Å². The fourth-order valence-electron chi connectivity index (χ4n) is 3.23. The number of carbonyl (C=O) groups excluding carboxylic acids is 1. The van der Waals surface area contributed by atoms with Crippen LogP contribution in [0.25, 0.3) is 0 Å². The topological polar surface area (TPSA) is 55.6 Å². The Morgan fingerprint density at radius 1 is 1.40 bits per heavy atom. The van der Waals surface area contributed by atoms with Crippen molar-refractivity contribution in [2.24, 2.45) is 17.1 Å². The average Bonchev–Trinajstić information content (AvgIpc) is 3.18. The quantitative estimate of drug-likeness (QED) is 0.812. The smallest absolute Gasteiger partial charge is 0.243 e. The molecule has 0 saturated heterocycles. The Kier molecular flexibility index (Phi) is 4.18. The molecule has 2 atom stereocenters. The third-order valence-electron chi connectivity index (χ3n) is 5.02. The highest BCUT2D eigenvalue weighted by Crippen LogP contribution is 2.51. The molecule has 2 aliphatic rings. The second-order valence-corrected chi connectivity index (χ2v) is 7.42. The van der Waals surface area contributed by atoms with E-state index in [-0.39, 0.29) is 17.4 Å². The third-order valence-corrected chi connectivity index (χ3v) is 5.02. The Morgan fingerprint density at radius 2 is 2.00 bits per heavy atom. The molecule has 0 aliphatic heterocycles. The second kappa shape index (κ2) is 5.30. The zero-order valence-corrected chi connectivity index (χ0v) is 13.6. The number of ether oxygens (including phenoxy) is 1. The lowest BCUT2D eigenvalue weighted by Gasteiger charge is -2.58. The summed E-state index contributed by atoms with van der Waals surface area (Å²) in [5.41, 5.74) is 5.47. The van der Waals surface area contributed by atoms with Gasteiger partial charge in [-0.25, -0.2) is 0 Å². The SMILES string of the molecule is CCOC1CC(N)(C(=O)N(CC(C)C)C2CC2)C1(C)C. The number of carbonyl (C=O) groups is 1. The molecule has 2 aliphatic carbocycles. The third kappa shape index (κ3) is 2.48. The Bertz CT molecular complexity index is 377. The first-order valence-electron chi connectivity index (χ1n) is 7.95. The largest absolute Gasteiger partial charge is 0.378 e. The predicted octanol–water partition coefficient (Wildman–Crippen LogP) is 2.17. The molecule has 4 nitrogen and oxygen atoms in total. The van der Waals surface area contributed by atoms with Gasteiger partial charge in [-0.2, -0.15) is 0 Å². The Labute approximate surface area is 123 Å². The van der Waals surface area contributed by atoms with Crippen molar-refractivity contribution in [1.82, 2.24) is 4.90 Å². The molecular weight excluding hydrogens is 252 g/mol. The van der Waals surface area contributed by atoms with Crippen LogP contribution >= 0.6 is 0 Å². The van der Waals surface area contributed by atoms with E-state index in [0.29, 0.717) is 25.0 Å². The molecule has 0 heterocycles. The van der Waals surface area contributed by atoms with Crippen molar-refractivity contribution in [1.29, 1.82) is 0 Å². The number of hydrogen-bond acceptors (Lipinski definition) is 3. The molecule has 116 valence electrons. The molecule has 0 spiro atoms. The first-order valence-corrected chi connectivity index (χ1v) is 7.95. The van der Waals surface area contributed by atoms with E-state index in [0.717, 1.165) is 19.4 Å². The minimum atomic E-state index is -0.760. The van der Waals surface area contributed by atoms with Crippen molar-refractivity contribution in [2.45, 2.75) is 71.6 Å². The average molecular weight is 282 g/mol. The van der Waals surface area contributed by atoms with Crippen molar-refractivity contribution in [3.05, 3.63) is 0 Å². The molecule has 1 amide bonds. The lowest BCUT2D eigenvalue weighted by Crippen LogP contribution is -2.76. The Hall–Kier alpha value is -0.610. The first kappa shape index (κ1) is 15.8. The fraction of sp³-hybridized carbons (Fsp3) is 0.938. The maximum atomic E-state index is 13.0. The Balaban J connectivity index is 2.11. The van der Waals surface area contributed by atoms with Crippen LogP contribution in [-0.2, 0) is 9.53 Å². The molecule has 2 fully saturated rings. The molecule has 2 unspecified atom stereocenters. The molecule has 2 saturated carbocycles. The molecule has 0 aromatic rings.